The molecule has 0 saturated carbocycles. The number of sulfonamides is 3. The summed E-state index contributed by atoms with van der Waals surface area (Å²) >= 11 is 3.42. The maximum Gasteiger partial charge on any atom is 0.261 e. The molecule has 0 amide bonds. The number of aliphatic hydroxyl groups is 3. The molecule has 540 valence electrons. The zero-order valence-electron chi connectivity index (χ0n) is 56.1. The monoisotopic (exact) mass is 1530 g/mol. The summed E-state index contributed by atoms with van der Waals surface area (Å²) < 4.78 is 138. The first kappa shape index (κ1) is 76.8. The van der Waals surface area contributed by atoms with Crippen LogP contribution in [-0.4, -0.2) is 86.4 Å². The highest BCUT2D eigenvalue weighted by molar-refractivity contribution is 8.00. The molecule has 0 spiro atoms. The van der Waals surface area contributed by atoms with Crippen LogP contribution in [0.1, 0.15) is 13.8 Å². The van der Waals surface area contributed by atoms with E-state index in [9.17, 15) is 69.1 Å². The summed E-state index contributed by atoms with van der Waals surface area (Å²) in [4.78, 5) is 1.32. The number of benzene rings is 12. The fourth-order valence-electron chi connectivity index (χ4n) is 10.7. The third kappa shape index (κ3) is 18.9. The molecule has 9 N–H and O–H groups in total. The number of ether oxygens (including phenoxy) is 2. The molecular formula is C79H68F3N3O14S6. The van der Waals surface area contributed by atoms with Crippen LogP contribution in [0.25, 0.3) is 65.7 Å². The number of fused-ring (bicyclic) bond motifs is 3. The summed E-state index contributed by atoms with van der Waals surface area (Å²) in [6.45, 7) is 14.9. The van der Waals surface area contributed by atoms with Gasteiger partial charge in [0.15, 0.2) is 23.2 Å². The second kappa shape index (κ2) is 33.7. The van der Waals surface area contributed by atoms with E-state index in [0.29, 0.717) is 93.8 Å². The average Bonchev–Trinajstić information content (AvgIpc) is 0.784. The standard InChI is InChI=1S/C27H24FNO5S2.C27H25NO5S2.C25H19F2NO4S2/c1-3-34-25-14-19(10-13-23(25)28)18-8-11-20(12-9-18)36(32,33)29-24-15-26(35-16-17(2)30)27(31)22-7-5-4-6-21(22)24;1-3-33-21-12-8-19(9-13-21)20-10-14-22(15-11-20)35(31,32)28-25-16-26(34-17-18(2)29)27(30)24-7-5-4-6-23(24)25;1-15(29)14-33-24-13-23(19-4-2-3-5-20(19)25(24)30)28-34(31,32)18-9-6-16(7-10-18)17-8-11-21(26)22(27)12-17/h4-15,29-31H,2-3,16H2,1H3;4-16,28-30H,2-3,17H2,1H3;2-13,28-30H,1,14H2. The minimum Gasteiger partial charge on any atom is -0.512 e. The zero-order valence-corrected chi connectivity index (χ0v) is 61.0. The number of aliphatic hydroxyl groups excluding tert-OH is 3. The predicted molar refractivity (Wildman–Crippen MR) is 415 cm³/mol. The van der Waals surface area contributed by atoms with Crippen molar-refractivity contribution >= 4 is 115 Å². The van der Waals surface area contributed by atoms with Gasteiger partial charge in [0.25, 0.3) is 30.1 Å². The van der Waals surface area contributed by atoms with Crippen LogP contribution in [0.15, 0.2) is 291 Å². The highest BCUT2D eigenvalue weighted by atomic mass is 32.2. The molecule has 12 aromatic carbocycles. The Kier molecular flexibility index (Phi) is 24.6. The Labute approximate surface area is 617 Å². The number of rotatable bonds is 25. The molecule has 26 heteroatoms. The van der Waals surface area contributed by atoms with Crippen LogP contribution in [-0.2, 0) is 30.1 Å². The molecular weight excluding hydrogens is 1460 g/mol. The van der Waals surface area contributed by atoms with E-state index >= 15 is 0 Å². The highest BCUT2D eigenvalue weighted by Gasteiger charge is 2.24. The lowest BCUT2D eigenvalue weighted by atomic mass is 10.1. The van der Waals surface area contributed by atoms with Gasteiger partial charge in [0.2, 0.25) is 0 Å². The molecule has 0 heterocycles. The number of halogens is 3. The molecule has 12 aromatic rings. The van der Waals surface area contributed by atoms with Crippen molar-refractivity contribution in [3.8, 4) is 62.1 Å². The molecule has 12 rings (SSSR count). The van der Waals surface area contributed by atoms with Crippen LogP contribution in [0.3, 0.4) is 0 Å². The van der Waals surface area contributed by atoms with E-state index < -0.39 is 47.5 Å². The fourth-order valence-corrected chi connectivity index (χ4v) is 16.2. The van der Waals surface area contributed by atoms with Gasteiger partial charge in [-0.3, -0.25) is 14.2 Å². The van der Waals surface area contributed by atoms with Gasteiger partial charge in [-0.25, -0.2) is 38.4 Å². The molecule has 0 fully saturated rings. The van der Waals surface area contributed by atoms with E-state index in [1.807, 2.05) is 31.2 Å². The van der Waals surface area contributed by atoms with Crippen LogP contribution < -0.4 is 23.6 Å². The SMILES string of the molecule is C=C(O)CSc1cc(NS(=O)(=O)c2ccc(-c3ccc(F)c(F)c3)cc2)c2ccccc2c1O.C=C(O)CSc1cc(NS(=O)(=O)c2ccc(-c3ccc(F)c(OCC)c3)cc2)c2ccccc2c1O.C=C(O)CSc1cc(NS(=O)(=O)c2ccc(-c3ccc(OCC)cc3)cc2)c2ccccc2c1O. The molecule has 0 aliphatic heterocycles. The molecule has 0 saturated heterocycles. The van der Waals surface area contributed by atoms with Crippen LogP contribution in [0.2, 0.25) is 0 Å². The second-order valence-corrected chi connectivity index (χ2v) is 31.2. The Bertz CT molecular complexity index is 5600. The Morgan fingerprint density at radius 3 is 0.962 bits per heavy atom. The number of hydrogen-bond acceptors (Lipinski definition) is 17. The van der Waals surface area contributed by atoms with Crippen LogP contribution in [0.4, 0.5) is 30.2 Å². The first-order valence-electron chi connectivity index (χ1n) is 31.9. The van der Waals surface area contributed by atoms with Gasteiger partial charge < -0.3 is 40.1 Å². The van der Waals surface area contributed by atoms with Gasteiger partial charge in [-0.05, 0) is 138 Å². The smallest absolute Gasteiger partial charge is 0.261 e. The third-order valence-corrected chi connectivity index (χ3v) is 23.1. The first-order chi connectivity index (χ1) is 50.1. The molecule has 17 nitrogen and oxygen atoms in total. The Morgan fingerprint density at radius 1 is 0.362 bits per heavy atom. The summed E-state index contributed by atoms with van der Waals surface area (Å²) in [6, 6.07) is 59.4. The maximum absolute atomic E-state index is 13.9. The maximum atomic E-state index is 13.9. The zero-order chi connectivity index (χ0) is 75.3. The molecule has 105 heavy (non-hydrogen) atoms. The number of phenolic OH excluding ortho intramolecular Hbond substituents is 3. The summed E-state index contributed by atoms with van der Waals surface area (Å²) in [6.07, 6.45) is 0. The van der Waals surface area contributed by atoms with Gasteiger partial charge in [-0.15, -0.1) is 35.3 Å². The van der Waals surface area contributed by atoms with E-state index in [-0.39, 0.29) is 77.9 Å². The van der Waals surface area contributed by atoms with Gasteiger partial charge >= 0.3 is 0 Å². The minimum atomic E-state index is -4.02. The lowest BCUT2D eigenvalue weighted by Gasteiger charge is -2.15. The summed E-state index contributed by atoms with van der Waals surface area (Å²) in [5.74, 6) is -1.27. The number of aromatic hydroxyl groups is 3. The van der Waals surface area contributed by atoms with E-state index in [1.54, 1.807) is 134 Å². The van der Waals surface area contributed by atoms with Gasteiger partial charge in [-0.1, -0.05) is 153 Å². The van der Waals surface area contributed by atoms with Crippen LogP contribution in [0, 0.1) is 17.5 Å². The summed E-state index contributed by atoms with van der Waals surface area (Å²) in [7, 11) is -11.9. The van der Waals surface area contributed by atoms with E-state index in [4.69, 9.17) is 9.47 Å². The van der Waals surface area contributed by atoms with Crippen molar-refractivity contribution in [3.05, 3.63) is 279 Å². The Hall–Kier alpha value is -10.9. The van der Waals surface area contributed by atoms with Crippen LogP contribution in [0.5, 0.6) is 28.7 Å². The predicted octanol–water partition coefficient (Wildman–Crippen LogP) is 19.7. The number of phenols is 3. The van der Waals surface area contributed by atoms with Gasteiger partial charge in [0, 0.05) is 32.3 Å². The van der Waals surface area contributed by atoms with Crippen molar-refractivity contribution in [1.29, 1.82) is 0 Å². The lowest BCUT2D eigenvalue weighted by Crippen LogP contribution is -2.13. The molecule has 0 bridgehead atoms. The molecule has 0 aliphatic carbocycles. The quantitative estimate of drug-likeness (QED) is 0.0146. The summed E-state index contributed by atoms with van der Waals surface area (Å²) in [5, 5.41) is 63.3. The minimum absolute atomic E-state index is 0.00475. The second-order valence-electron chi connectivity index (χ2n) is 23.1. The van der Waals surface area contributed by atoms with E-state index in [1.165, 1.54) is 72.4 Å². The number of nitrogens with one attached hydrogen (secondary N) is 3. The third-order valence-electron chi connectivity index (χ3n) is 15.7. The highest BCUT2D eigenvalue weighted by Crippen LogP contribution is 2.45. The lowest BCUT2D eigenvalue weighted by molar-refractivity contribution is 0.322. The van der Waals surface area contributed by atoms with Crippen molar-refractivity contribution < 1.29 is 78.5 Å². The number of anilines is 3. The molecule has 0 radical (unpaired) electrons. The van der Waals surface area contributed by atoms with E-state index in [2.05, 4.69) is 33.9 Å². The average molecular weight is 1530 g/mol. The topological polar surface area (TPSA) is 278 Å². The Morgan fingerprint density at radius 2 is 0.648 bits per heavy atom. The van der Waals surface area contributed by atoms with Gasteiger partial charge in [-0.2, -0.15) is 0 Å². The van der Waals surface area contributed by atoms with Crippen molar-refractivity contribution in [1.82, 2.24) is 0 Å². The Balaban J connectivity index is 0.000000169. The number of thioether (sulfide) groups is 3. The molecule has 0 aromatic heterocycles. The first-order valence-corrected chi connectivity index (χ1v) is 39.3. The fraction of sp³-hybridized carbons (Fsp3) is 0.0886. The largest absolute Gasteiger partial charge is 0.512 e. The normalized spacial score (nSPS) is 11.4. The molecule has 0 aliphatic rings. The summed E-state index contributed by atoms with van der Waals surface area (Å²) in [5.41, 5.74) is 5.03. The molecule has 0 unspecified atom stereocenters. The van der Waals surface area contributed by atoms with E-state index in [0.717, 1.165) is 52.5 Å². The number of hydrogen-bond donors (Lipinski definition) is 9. The van der Waals surface area contributed by atoms with Crippen molar-refractivity contribution in [2.45, 2.75) is 43.2 Å². The molecule has 0 atom stereocenters. The van der Waals surface area contributed by atoms with Crippen molar-refractivity contribution in [2.24, 2.45) is 0 Å². The van der Waals surface area contributed by atoms with Gasteiger partial charge in [0.1, 0.15) is 23.0 Å². The van der Waals surface area contributed by atoms with Gasteiger partial charge in [0.05, 0.1) is 94.2 Å². The van der Waals surface area contributed by atoms with Crippen molar-refractivity contribution in [3.63, 3.8) is 0 Å². The van der Waals surface area contributed by atoms with Crippen LogP contribution >= 0.6 is 35.3 Å². The van der Waals surface area contributed by atoms with Crippen molar-refractivity contribution in [2.75, 3.05) is 44.6 Å².